The van der Waals surface area contributed by atoms with E-state index in [-0.39, 0.29) is 0 Å². The summed E-state index contributed by atoms with van der Waals surface area (Å²) in [7, 11) is 4.11. The summed E-state index contributed by atoms with van der Waals surface area (Å²) in [6.45, 7) is 6.09. The van der Waals surface area contributed by atoms with Crippen LogP contribution in [0.1, 0.15) is 18.1 Å². The Morgan fingerprint density at radius 3 is 2.64 bits per heavy atom. The summed E-state index contributed by atoms with van der Waals surface area (Å²) in [5, 5.41) is 6.74. The summed E-state index contributed by atoms with van der Waals surface area (Å²) < 4.78 is 0. The third-order valence-corrected chi connectivity index (χ3v) is 3.53. The summed E-state index contributed by atoms with van der Waals surface area (Å²) >= 11 is 0. The molecule has 2 N–H and O–H groups in total. The molecular weight excluding hydrogens is 274 g/mol. The first-order valence-corrected chi connectivity index (χ1v) is 7.66. The summed E-state index contributed by atoms with van der Waals surface area (Å²) in [5.74, 6) is 1.65. The molecule has 0 bridgehead atoms. The molecule has 2 rings (SSSR count). The van der Waals surface area contributed by atoms with Crippen LogP contribution in [0.3, 0.4) is 0 Å². The van der Waals surface area contributed by atoms with Crippen molar-refractivity contribution in [2.75, 3.05) is 37.8 Å². The first-order chi connectivity index (χ1) is 10.6. The van der Waals surface area contributed by atoms with Gasteiger partial charge in [0.05, 0.1) is 0 Å². The number of aryl methyl sites for hydroxylation is 2. The molecule has 0 aliphatic rings. The Morgan fingerprint density at radius 1 is 1.14 bits per heavy atom. The molecule has 1 aromatic heterocycles. The second kappa shape index (κ2) is 7.75. The molecule has 0 aliphatic carbocycles. The van der Waals surface area contributed by atoms with Gasteiger partial charge in [0.25, 0.3) is 0 Å². The molecule has 22 heavy (non-hydrogen) atoms. The third-order valence-electron chi connectivity index (χ3n) is 3.53. The van der Waals surface area contributed by atoms with Gasteiger partial charge in [-0.15, -0.1) is 0 Å². The van der Waals surface area contributed by atoms with E-state index in [1.54, 1.807) is 6.33 Å². The molecule has 118 valence electrons. The molecule has 2 aromatic rings. The summed E-state index contributed by atoms with van der Waals surface area (Å²) in [5.41, 5.74) is 3.66. The van der Waals surface area contributed by atoms with E-state index < -0.39 is 0 Å². The van der Waals surface area contributed by atoms with E-state index in [0.717, 1.165) is 36.8 Å². The monoisotopic (exact) mass is 299 g/mol. The average molecular weight is 299 g/mol. The average Bonchev–Trinajstić information content (AvgIpc) is 2.49. The maximum Gasteiger partial charge on any atom is 0.135 e. The number of nitrogens with zero attached hydrogens (tertiary/aromatic N) is 3. The maximum absolute atomic E-state index is 4.32. The molecule has 1 heterocycles. The molecule has 5 heteroatoms. The third kappa shape index (κ3) is 4.43. The normalized spacial score (nSPS) is 10.8. The highest BCUT2D eigenvalue weighted by Gasteiger charge is 2.06. The molecule has 0 fully saturated rings. The lowest BCUT2D eigenvalue weighted by Gasteiger charge is -2.14. The van der Waals surface area contributed by atoms with Crippen LogP contribution < -0.4 is 10.6 Å². The predicted octanol–water partition coefficient (Wildman–Crippen LogP) is 3.06. The number of benzene rings is 1. The second-order valence-electron chi connectivity index (χ2n) is 5.61. The van der Waals surface area contributed by atoms with E-state index in [1.807, 2.05) is 6.07 Å². The number of hydrogen-bond donors (Lipinski definition) is 2. The minimum atomic E-state index is 0.811. The van der Waals surface area contributed by atoms with Gasteiger partial charge >= 0.3 is 0 Å². The molecule has 0 amide bonds. The first-order valence-electron chi connectivity index (χ1n) is 7.66. The van der Waals surface area contributed by atoms with Crippen LogP contribution in [0.4, 0.5) is 17.3 Å². The standard InChI is InChI=1S/C17H25N5/c1-5-14-8-6-7-13(2)17(14)21-16-11-15(19-12-20-16)18-9-10-22(3)4/h6-8,11-12H,5,9-10H2,1-4H3,(H2,18,19,20,21). The minimum Gasteiger partial charge on any atom is -0.369 e. The minimum absolute atomic E-state index is 0.811. The first kappa shape index (κ1) is 16.2. The van der Waals surface area contributed by atoms with Crippen LogP contribution in [0.25, 0.3) is 0 Å². The Morgan fingerprint density at radius 2 is 1.91 bits per heavy atom. The lowest BCUT2D eigenvalue weighted by molar-refractivity contribution is 0.425. The number of hydrogen-bond acceptors (Lipinski definition) is 5. The summed E-state index contributed by atoms with van der Waals surface area (Å²) in [6.07, 6.45) is 2.58. The SMILES string of the molecule is CCc1cccc(C)c1Nc1cc(NCCN(C)C)ncn1. The smallest absolute Gasteiger partial charge is 0.135 e. The highest BCUT2D eigenvalue weighted by Crippen LogP contribution is 2.24. The Bertz CT molecular complexity index is 610. The van der Waals surface area contributed by atoms with Crippen molar-refractivity contribution in [2.24, 2.45) is 0 Å². The van der Waals surface area contributed by atoms with Crippen LogP contribution in [-0.2, 0) is 6.42 Å². The number of para-hydroxylation sites is 1. The van der Waals surface area contributed by atoms with Crippen LogP contribution in [0.15, 0.2) is 30.6 Å². The maximum atomic E-state index is 4.32. The zero-order valence-corrected chi connectivity index (χ0v) is 13.8. The molecule has 5 nitrogen and oxygen atoms in total. The molecule has 0 aliphatic heterocycles. The van der Waals surface area contributed by atoms with Crippen LogP contribution in [-0.4, -0.2) is 42.1 Å². The molecule has 0 unspecified atom stereocenters. The Labute approximate surface area is 132 Å². The van der Waals surface area contributed by atoms with E-state index in [9.17, 15) is 0 Å². The fourth-order valence-electron chi connectivity index (χ4n) is 2.26. The van der Waals surface area contributed by atoms with Gasteiger partial charge in [-0.05, 0) is 38.6 Å². The van der Waals surface area contributed by atoms with Gasteiger partial charge in [0.2, 0.25) is 0 Å². The number of anilines is 3. The van der Waals surface area contributed by atoms with E-state index in [1.165, 1.54) is 11.1 Å². The van der Waals surface area contributed by atoms with Crippen LogP contribution in [0.2, 0.25) is 0 Å². The van der Waals surface area contributed by atoms with Crippen LogP contribution in [0, 0.1) is 6.92 Å². The molecule has 1 aromatic carbocycles. The highest BCUT2D eigenvalue weighted by molar-refractivity contribution is 5.66. The molecule has 0 saturated carbocycles. The molecule has 0 spiro atoms. The largest absolute Gasteiger partial charge is 0.369 e. The van der Waals surface area contributed by atoms with Crippen molar-refractivity contribution in [1.29, 1.82) is 0 Å². The molecule has 0 radical (unpaired) electrons. The fourth-order valence-corrected chi connectivity index (χ4v) is 2.26. The highest BCUT2D eigenvalue weighted by atomic mass is 15.1. The number of likely N-dealkylation sites (N-methyl/N-ethyl adjacent to an activating group) is 1. The van der Waals surface area contributed by atoms with Gasteiger partial charge in [-0.1, -0.05) is 25.1 Å². The van der Waals surface area contributed by atoms with Gasteiger partial charge in [0.1, 0.15) is 18.0 Å². The van der Waals surface area contributed by atoms with Crippen molar-refractivity contribution in [3.63, 3.8) is 0 Å². The van der Waals surface area contributed by atoms with E-state index in [4.69, 9.17) is 0 Å². The van der Waals surface area contributed by atoms with Crippen molar-refractivity contribution < 1.29 is 0 Å². The lowest BCUT2D eigenvalue weighted by atomic mass is 10.1. The Kier molecular flexibility index (Phi) is 5.72. The van der Waals surface area contributed by atoms with Gasteiger partial charge in [-0.3, -0.25) is 0 Å². The van der Waals surface area contributed by atoms with E-state index in [2.05, 4.69) is 71.6 Å². The molecule has 0 atom stereocenters. The quantitative estimate of drug-likeness (QED) is 0.823. The van der Waals surface area contributed by atoms with Gasteiger partial charge in [0, 0.05) is 24.8 Å². The molecule has 0 saturated heterocycles. The van der Waals surface area contributed by atoms with Gasteiger partial charge in [-0.2, -0.15) is 0 Å². The molecular formula is C17H25N5. The zero-order chi connectivity index (χ0) is 15.9. The summed E-state index contributed by atoms with van der Waals surface area (Å²) in [4.78, 5) is 10.7. The van der Waals surface area contributed by atoms with Crippen molar-refractivity contribution in [2.45, 2.75) is 20.3 Å². The van der Waals surface area contributed by atoms with Crippen molar-refractivity contribution in [3.8, 4) is 0 Å². The fraction of sp³-hybridized carbons (Fsp3) is 0.412. The lowest BCUT2D eigenvalue weighted by Crippen LogP contribution is -2.21. The zero-order valence-electron chi connectivity index (χ0n) is 13.8. The van der Waals surface area contributed by atoms with Crippen molar-refractivity contribution in [3.05, 3.63) is 41.7 Å². The predicted molar refractivity (Wildman–Crippen MR) is 92.9 cm³/mol. The van der Waals surface area contributed by atoms with Crippen molar-refractivity contribution >= 4 is 17.3 Å². The van der Waals surface area contributed by atoms with Crippen LogP contribution >= 0.6 is 0 Å². The van der Waals surface area contributed by atoms with Crippen LogP contribution in [0.5, 0.6) is 0 Å². The van der Waals surface area contributed by atoms with E-state index in [0.29, 0.717) is 0 Å². The second-order valence-corrected chi connectivity index (χ2v) is 5.61. The topological polar surface area (TPSA) is 53.1 Å². The Hall–Kier alpha value is -2.14. The summed E-state index contributed by atoms with van der Waals surface area (Å²) in [6, 6.07) is 8.29. The number of nitrogens with one attached hydrogen (secondary N) is 2. The van der Waals surface area contributed by atoms with Gasteiger partial charge < -0.3 is 15.5 Å². The number of rotatable bonds is 7. The Balaban J connectivity index is 2.10. The van der Waals surface area contributed by atoms with E-state index >= 15 is 0 Å². The van der Waals surface area contributed by atoms with Gasteiger partial charge in [-0.25, -0.2) is 9.97 Å². The number of aromatic nitrogens is 2. The van der Waals surface area contributed by atoms with Gasteiger partial charge in [0.15, 0.2) is 0 Å². The van der Waals surface area contributed by atoms with Crippen molar-refractivity contribution in [1.82, 2.24) is 14.9 Å².